The van der Waals surface area contributed by atoms with E-state index >= 15 is 0 Å². The molecule has 0 bridgehead atoms. The molecule has 0 saturated carbocycles. The topological polar surface area (TPSA) is 154 Å². The van der Waals surface area contributed by atoms with Gasteiger partial charge in [0.2, 0.25) is 15.9 Å². The number of nitrogens with zero attached hydrogens (tertiary/aromatic N) is 6. The van der Waals surface area contributed by atoms with Crippen LogP contribution in [0.15, 0.2) is 71.3 Å². The van der Waals surface area contributed by atoms with E-state index in [-0.39, 0.29) is 45.8 Å². The van der Waals surface area contributed by atoms with E-state index in [1.807, 2.05) is 6.92 Å². The van der Waals surface area contributed by atoms with Gasteiger partial charge in [-0.3, -0.25) is 14.3 Å². The highest BCUT2D eigenvalue weighted by Gasteiger charge is 2.25. The predicted molar refractivity (Wildman–Crippen MR) is 139 cm³/mol. The van der Waals surface area contributed by atoms with Crippen molar-refractivity contribution in [2.24, 2.45) is 4.99 Å². The number of imidazole rings is 1. The van der Waals surface area contributed by atoms with Crippen molar-refractivity contribution in [3.63, 3.8) is 0 Å². The number of hydrogen-bond donors (Lipinski definition) is 2. The standard InChI is InChI=1S/C25H21N7O5S/c1-3-37-21-12-6-9-17(28-21)24-30-23-25(32(24)22-18(33)10-7-11-19(22)36-2)29-20(14-27-23)31-38(34,35)15-16-8-4-5-13-26-16/h4-5,7-8,10-14,33H,3,15H2,1-2H3,(H,29,31). The van der Waals surface area contributed by atoms with Crippen LogP contribution in [0.4, 0.5) is 5.82 Å². The van der Waals surface area contributed by atoms with Gasteiger partial charge in [0, 0.05) is 6.20 Å². The number of nitrogens with one attached hydrogen (secondary N) is 1. The number of benzene rings is 1. The van der Waals surface area contributed by atoms with Crippen LogP contribution >= 0.6 is 0 Å². The van der Waals surface area contributed by atoms with E-state index in [0.29, 0.717) is 23.9 Å². The molecule has 1 aliphatic heterocycles. The first-order chi connectivity index (χ1) is 18.4. The molecule has 5 rings (SSSR count). The van der Waals surface area contributed by atoms with E-state index in [9.17, 15) is 13.5 Å². The van der Waals surface area contributed by atoms with Gasteiger partial charge in [-0.2, -0.15) is 0 Å². The molecule has 0 radical (unpaired) electrons. The first-order valence-electron chi connectivity index (χ1n) is 11.3. The maximum absolute atomic E-state index is 12.8. The number of pyridine rings is 1. The number of rotatable bonds is 8. The summed E-state index contributed by atoms with van der Waals surface area (Å²) >= 11 is 0. The number of anilines is 1. The van der Waals surface area contributed by atoms with Crippen LogP contribution in [0, 0.1) is 0 Å². The molecule has 0 atom stereocenters. The molecule has 2 N–H and O–H groups in total. The van der Waals surface area contributed by atoms with Gasteiger partial charge in [0.25, 0.3) is 0 Å². The van der Waals surface area contributed by atoms with Crippen molar-refractivity contribution in [2.45, 2.75) is 12.7 Å². The Bertz CT molecular complexity index is 1770. The maximum Gasteiger partial charge on any atom is 0.239 e. The number of phenolic OH excluding ortho intramolecular Hbond substituents is 1. The molecular formula is C25H21N7O5S. The van der Waals surface area contributed by atoms with Crippen LogP contribution in [0.1, 0.15) is 18.4 Å². The number of sulfonamides is 1. The van der Waals surface area contributed by atoms with Gasteiger partial charge in [-0.05, 0) is 36.9 Å². The third-order valence-corrected chi connectivity index (χ3v) is 6.42. The number of aromatic hydroxyl groups is 1. The van der Waals surface area contributed by atoms with Crippen LogP contribution < -0.4 is 9.46 Å². The summed E-state index contributed by atoms with van der Waals surface area (Å²) < 4.78 is 40.5. The van der Waals surface area contributed by atoms with Gasteiger partial charge in [0.1, 0.15) is 22.9 Å². The van der Waals surface area contributed by atoms with Crippen molar-refractivity contribution in [1.82, 2.24) is 24.5 Å². The number of fused-ring (bicyclic) bond motifs is 1. The van der Waals surface area contributed by atoms with Crippen molar-refractivity contribution in [3.05, 3.63) is 77.8 Å². The van der Waals surface area contributed by atoms with E-state index in [2.05, 4.69) is 41.1 Å². The summed E-state index contributed by atoms with van der Waals surface area (Å²) in [5, 5.41) is 10.8. The van der Waals surface area contributed by atoms with Crippen LogP contribution in [0.3, 0.4) is 0 Å². The highest BCUT2D eigenvalue weighted by Crippen LogP contribution is 2.36. The normalized spacial score (nSPS) is 12.8. The number of aromatic nitrogens is 5. The first-order valence-corrected chi connectivity index (χ1v) is 13.0. The zero-order valence-corrected chi connectivity index (χ0v) is 21.1. The number of phenols is 1. The molecule has 4 aromatic rings. The second-order valence-corrected chi connectivity index (χ2v) is 9.55. The number of aliphatic imine (C=N–C) groups is 1. The Hall–Kier alpha value is -4.96. The number of para-hydroxylation sites is 1. The fourth-order valence-corrected chi connectivity index (χ4v) is 4.76. The van der Waals surface area contributed by atoms with Crippen molar-refractivity contribution in [3.8, 4) is 17.2 Å². The summed E-state index contributed by atoms with van der Waals surface area (Å²) in [6, 6.07) is 9.75. The quantitative estimate of drug-likeness (QED) is 0.327. The molecule has 0 saturated heterocycles. The Labute approximate surface area is 217 Å². The van der Waals surface area contributed by atoms with Crippen LogP contribution in [0.2, 0.25) is 0 Å². The lowest BCUT2D eigenvalue weighted by atomic mass is 10.2. The second-order valence-electron chi connectivity index (χ2n) is 7.83. The molecule has 0 fully saturated rings. The number of ether oxygens (including phenoxy) is 2. The fraction of sp³-hybridized carbons (Fsp3) is 0.160. The van der Waals surface area contributed by atoms with Gasteiger partial charge in [-0.25, -0.2) is 28.4 Å². The Morgan fingerprint density at radius 3 is 2.76 bits per heavy atom. The van der Waals surface area contributed by atoms with Crippen LogP contribution in [-0.2, 0) is 20.5 Å². The predicted octanol–water partition coefficient (Wildman–Crippen LogP) is 2.97. The maximum atomic E-state index is 12.8. The molecule has 1 aliphatic rings. The monoisotopic (exact) mass is 531 g/mol. The minimum atomic E-state index is -3.87. The Morgan fingerprint density at radius 2 is 2.00 bits per heavy atom. The molecule has 12 nitrogen and oxygen atoms in total. The van der Waals surface area contributed by atoms with Gasteiger partial charge in [0.05, 0.1) is 31.7 Å². The molecule has 0 amide bonds. The molecular weight excluding hydrogens is 510 g/mol. The zero-order chi connectivity index (χ0) is 26.7. The molecule has 38 heavy (non-hydrogen) atoms. The first kappa shape index (κ1) is 24.7. The summed E-state index contributed by atoms with van der Waals surface area (Å²) in [6.45, 7) is 2.21. The van der Waals surface area contributed by atoms with Crippen molar-refractivity contribution < 1.29 is 23.0 Å². The van der Waals surface area contributed by atoms with E-state index in [1.165, 1.54) is 36.2 Å². The Morgan fingerprint density at radius 1 is 1.13 bits per heavy atom. The fourth-order valence-electron chi connectivity index (χ4n) is 3.71. The highest BCUT2D eigenvalue weighted by atomic mass is 32.2. The lowest BCUT2D eigenvalue weighted by Gasteiger charge is -2.14. The molecule has 0 unspecified atom stereocenters. The lowest BCUT2D eigenvalue weighted by molar-refractivity contribution is 0.330. The third kappa shape index (κ3) is 4.97. The summed E-state index contributed by atoms with van der Waals surface area (Å²) in [4.78, 5) is 21.8. The highest BCUT2D eigenvalue weighted by molar-refractivity contribution is 7.91. The van der Waals surface area contributed by atoms with Gasteiger partial charge in [-0.1, -0.05) is 17.9 Å². The average molecular weight is 532 g/mol. The van der Waals surface area contributed by atoms with E-state index in [0.717, 1.165) is 0 Å². The lowest BCUT2D eigenvalue weighted by Crippen LogP contribution is -2.17. The van der Waals surface area contributed by atoms with E-state index in [4.69, 9.17) is 9.47 Å². The zero-order valence-electron chi connectivity index (χ0n) is 20.3. The largest absolute Gasteiger partial charge is 0.506 e. The molecule has 192 valence electrons. The smallest absolute Gasteiger partial charge is 0.239 e. The average Bonchev–Trinajstić information content (AvgIpc) is 3.27. The van der Waals surface area contributed by atoms with Crippen LogP contribution in [0.5, 0.6) is 11.5 Å². The van der Waals surface area contributed by atoms with Crippen LogP contribution in [-0.4, -0.2) is 57.6 Å². The van der Waals surface area contributed by atoms with Gasteiger partial charge >= 0.3 is 0 Å². The third-order valence-electron chi connectivity index (χ3n) is 5.23. The molecule has 0 spiro atoms. The minimum absolute atomic E-state index is 0.0536. The summed E-state index contributed by atoms with van der Waals surface area (Å²) in [7, 11) is -2.42. The molecule has 1 aromatic carbocycles. The van der Waals surface area contributed by atoms with E-state index in [1.54, 1.807) is 30.3 Å². The van der Waals surface area contributed by atoms with Crippen LogP contribution in [0.25, 0.3) is 22.7 Å². The molecule has 4 heterocycles. The van der Waals surface area contributed by atoms with Crippen molar-refractivity contribution >= 4 is 38.7 Å². The molecule has 13 heteroatoms. The minimum Gasteiger partial charge on any atom is -0.506 e. The Balaban J connectivity index is 1.67. The second kappa shape index (κ2) is 10.2. The van der Waals surface area contributed by atoms with Gasteiger partial charge in [-0.15, -0.1) is 0 Å². The molecule has 3 aromatic heterocycles. The number of methoxy groups -OCH3 is 1. The summed E-state index contributed by atoms with van der Waals surface area (Å²) in [5.74, 6) is 0.252. The van der Waals surface area contributed by atoms with E-state index < -0.39 is 10.0 Å². The number of hydrogen-bond acceptors (Lipinski definition) is 10. The van der Waals surface area contributed by atoms with Gasteiger partial charge in [0.15, 0.2) is 28.6 Å². The molecule has 0 aliphatic carbocycles. The van der Waals surface area contributed by atoms with Gasteiger partial charge < -0.3 is 14.6 Å². The summed E-state index contributed by atoms with van der Waals surface area (Å²) in [6.07, 6.45) is 4.30. The SMILES string of the molecule is CCOC1=NC(c2nc3ncc(NS(=O)(=O)Cc4ccccn4)nc3n2-c2c(O)cccc2OC)=C=C=C1. The van der Waals surface area contributed by atoms with Crippen molar-refractivity contribution in [2.75, 3.05) is 18.4 Å². The summed E-state index contributed by atoms with van der Waals surface area (Å²) in [5.41, 5.74) is 6.84. The Kier molecular flexibility index (Phi) is 6.63. The van der Waals surface area contributed by atoms with Crippen molar-refractivity contribution in [1.29, 1.82) is 0 Å².